The smallest absolute Gasteiger partial charge is 0.292 e. The lowest BCUT2D eigenvalue weighted by atomic mass is 10.0. The predicted molar refractivity (Wildman–Crippen MR) is 72.6 cm³/mol. The van der Waals surface area contributed by atoms with Crippen molar-refractivity contribution in [2.24, 2.45) is 16.7 Å². The minimum Gasteiger partial charge on any atom is -0.379 e. The maximum Gasteiger partial charge on any atom is 0.292 e. The summed E-state index contributed by atoms with van der Waals surface area (Å²) in [6, 6.07) is 6.80. The highest BCUT2D eigenvalue weighted by Gasteiger charge is 2.64. The molecule has 0 atom stereocenters. The molecule has 4 nitrogen and oxygen atoms in total. The molecule has 0 aliphatic heterocycles. The summed E-state index contributed by atoms with van der Waals surface area (Å²) in [7, 11) is 0. The third-order valence-corrected chi connectivity index (χ3v) is 4.92. The van der Waals surface area contributed by atoms with Crippen molar-refractivity contribution in [3.8, 4) is 0 Å². The first kappa shape index (κ1) is 12.9. The Bertz CT molecular complexity index is 466. The van der Waals surface area contributed by atoms with Crippen molar-refractivity contribution >= 4 is 11.4 Å². The van der Waals surface area contributed by atoms with E-state index in [-0.39, 0.29) is 10.6 Å². The fraction of sp³-hybridized carbons (Fsp3) is 0.571. The zero-order valence-corrected chi connectivity index (χ0v) is 11.4. The minimum absolute atomic E-state index is 0.147. The van der Waals surface area contributed by atoms with Gasteiger partial charge in [0.15, 0.2) is 0 Å². The highest BCUT2D eigenvalue weighted by Crippen LogP contribution is 2.68. The molecule has 98 valence electrons. The number of anilines is 1. The topological polar surface area (TPSA) is 55.2 Å². The van der Waals surface area contributed by atoms with Gasteiger partial charge in [-0.1, -0.05) is 39.8 Å². The van der Waals surface area contributed by atoms with E-state index >= 15 is 0 Å². The van der Waals surface area contributed by atoms with Gasteiger partial charge in [-0.15, -0.1) is 0 Å². The zero-order valence-electron chi connectivity index (χ0n) is 11.4. The standard InChI is InChI=1S/C14H20N2O2/c1-13(2)12(14(13,3)4)9-15-10-7-5-6-8-11(10)16(17)18/h5-8,12,15H,9H2,1-4H3. The highest BCUT2D eigenvalue weighted by molar-refractivity contribution is 5.61. The van der Waals surface area contributed by atoms with E-state index in [4.69, 9.17) is 0 Å². The Hall–Kier alpha value is -1.58. The van der Waals surface area contributed by atoms with Crippen molar-refractivity contribution in [3.63, 3.8) is 0 Å². The number of hydrogen-bond donors (Lipinski definition) is 1. The zero-order chi connectivity index (χ0) is 13.6. The van der Waals surface area contributed by atoms with Gasteiger partial charge in [0, 0.05) is 12.6 Å². The summed E-state index contributed by atoms with van der Waals surface area (Å²) in [6.07, 6.45) is 0. The molecule has 1 aliphatic rings. The van der Waals surface area contributed by atoms with E-state index in [1.807, 2.05) is 6.07 Å². The quantitative estimate of drug-likeness (QED) is 0.653. The van der Waals surface area contributed by atoms with Gasteiger partial charge in [-0.25, -0.2) is 0 Å². The summed E-state index contributed by atoms with van der Waals surface area (Å²) in [5.41, 5.74) is 1.35. The molecule has 1 aromatic carbocycles. The van der Waals surface area contributed by atoms with Crippen molar-refractivity contribution < 1.29 is 4.92 Å². The van der Waals surface area contributed by atoms with Gasteiger partial charge in [0.1, 0.15) is 5.69 Å². The van der Waals surface area contributed by atoms with Crippen LogP contribution in [0.15, 0.2) is 24.3 Å². The average Bonchev–Trinajstić information content (AvgIpc) is 2.67. The minimum atomic E-state index is -0.342. The molecular formula is C14H20N2O2. The third kappa shape index (κ3) is 1.85. The first-order valence-corrected chi connectivity index (χ1v) is 6.26. The lowest BCUT2D eigenvalue weighted by Crippen LogP contribution is -2.09. The van der Waals surface area contributed by atoms with Gasteiger partial charge in [-0.05, 0) is 22.8 Å². The SMILES string of the molecule is CC1(C)C(CNc2ccccc2[N+](=O)[O-])C1(C)C. The molecule has 0 amide bonds. The first-order chi connectivity index (χ1) is 8.28. The number of benzene rings is 1. The lowest BCUT2D eigenvalue weighted by Gasteiger charge is -2.07. The molecule has 18 heavy (non-hydrogen) atoms. The molecule has 0 aromatic heterocycles. The van der Waals surface area contributed by atoms with Crippen LogP contribution in [0.2, 0.25) is 0 Å². The van der Waals surface area contributed by atoms with E-state index in [0.29, 0.717) is 22.4 Å². The van der Waals surface area contributed by atoms with Crippen LogP contribution in [0.25, 0.3) is 0 Å². The summed E-state index contributed by atoms with van der Waals surface area (Å²) in [5.74, 6) is 0.546. The second-order valence-electron chi connectivity index (χ2n) is 6.15. The third-order valence-electron chi connectivity index (χ3n) is 4.92. The molecule has 0 unspecified atom stereocenters. The normalized spacial score (nSPS) is 20.4. The van der Waals surface area contributed by atoms with Gasteiger partial charge < -0.3 is 5.32 Å². The molecule has 1 N–H and O–H groups in total. The Morgan fingerprint density at radius 3 is 2.28 bits per heavy atom. The molecular weight excluding hydrogens is 228 g/mol. The molecule has 1 aromatic rings. The maximum absolute atomic E-state index is 10.9. The molecule has 1 aliphatic carbocycles. The van der Waals surface area contributed by atoms with Crippen molar-refractivity contribution in [2.75, 3.05) is 11.9 Å². The number of nitrogens with zero attached hydrogens (tertiary/aromatic N) is 1. The van der Waals surface area contributed by atoms with Crippen molar-refractivity contribution in [1.29, 1.82) is 0 Å². The van der Waals surface area contributed by atoms with E-state index in [9.17, 15) is 10.1 Å². The molecule has 0 heterocycles. The van der Waals surface area contributed by atoms with E-state index < -0.39 is 0 Å². The molecule has 0 bridgehead atoms. The number of hydrogen-bond acceptors (Lipinski definition) is 3. The van der Waals surface area contributed by atoms with Crippen LogP contribution < -0.4 is 5.32 Å². The molecule has 2 rings (SSSR count). The van der Waals surface area contributed by atoms with Gasteiger partial charge in [0.2, 0.25) is 0 Å². The Balaban J connectivity index is 2.07. The summed E-state index contributed by atoms with van der Waals surface area (Å²) >= 11 is 0. The van der Waals surface area contributed by atoms with E-state index in [1.165, 1.54) is 6.07 Å². The summed E-state index contributed by atoms with van der Waals surface area (Å²) < 4.78 is 0. The molecule has 4 heteroatoms. The van der Waals surface area contributed by atoms with Gasteiger partial charge in [0.05, 0.1) is 4.92 Å². The Kier molecular flexibility index (Phi) is 2.84. The van der Waals surface area contributed by atoms with Crippen LogP contribution in [0.4, 0.5) is 11.4 Å². The van der Waals surface area contributed by atoms with Gasteiger partial charge in [-0.2, -0.15) is 0 Å². The summed E-state index contributed by atoms with van der Waals surface area (Å²) in [5, 5.41) is 14.1. The van der Waals surface area contributed by atoms with Crippen molar-refractivity contribution in [1.82, 2.24) is 0 Å². The van der Waals surface area contributed by atoms with E-state index in [1.54, 1.807) is 12.1 Å². The number of rotatable bonds is 4. The summed E-state index contributed by atoms with van der Waals surface area (Å²) in [6.45, 7) is 9.78. The number of nitro benzene ring substituents is 1. The Labute approximate surface area is 108 Å². The Morgan fingerprint density at radius 2 is 1.78 bits per heavy atom. The monoisotopic (exact) mass is 248 g/mol. The highest BCUT2D eigenvalue weighted by atomic mass is 16.6. The number of para-hydroxylation sites is 2. The van der Waals surface area contributed by atoms with E-state index in [2.05, 4.69) is 33.0 Å². The molecule has 1 fully saturated rings. The molecule has 0 spiro atoms. The van der Waals surface area contributed by atoms with Crippen LogP contribution in [0, 0.1) is 26.9 Å². The van der Waals surface area contributed by atoms with Gasteiger partial charge in [-0.3, -0.25) is 10.1 Å². The van der Waals surface area contributed by atoms with E-state index in [0.717, 1.165) is 6.54 Å². The van der Waals surface area contributed by atoms with Gasteiger partial charge >= 0.3 is 0 Å². The van der Waals surface area contributed by atoms with Crippen LogP contribution in [0.3, 0.4) is 0 Å². The number of nitro groups is 1. The second-order valence-corrected chi connectivity index (χ2v) is 6.15. The first-order valence-electron chi connectivity index (χ1n) is 6.26. The Morgan fingerprint density at radius 1 is 1.22 bits per heavy atom. The average molecular weight is 248 g/mol. The fourth-order valence-corrected chi connectivity index (χ4v) is 2.84. The predicted octanol–water partition coefficient (Wildman–Crippen LogP) is 3.69. The maximum atomic E-state index is 10.9. The van der Waals surface area contributed by atoms with Crippen molar-refractivity contribution in [2.45, 2.75) is 27.7 Å². The van der Waals surface area contributed by atoms with Crippen LogP contribution in [0.5, 0.6) is 0 Å². The second kappa shape index (κ2) is 3.97. The van der Waals surface area contributed by atoms with Crippen LogP contribution in [0.1, 0.15) is 27.7 Å². The van der Waals surface area contributed by atoms with Gasteiger partial charge in [0.25, 0.3) is 5.69 Å². The number of nitrogens with one attached hydrogen (secondary N) is 1. The lowest BCUT2D eigenvalue weighted by molar-refractivity contribution is -0.384. The molecule has 0 radical (unpaired) electrons. The van der Waals surface area contributed by atoms with Crippen LogP contribution in [-0.4, -0.2) is 11.5 Å². The molecule has 0 saturated heterocycles. The van der Waals surface area contributed by atoms with Crippen LogP contribution >= 0.6 is 0 Å². The summed E-state index contributed by atoms with van der Waals surface area (Å²) in [4.78, 5) is 10.6. The van der Waals surface area contributed by atoms with Crippen molar-refractivity contribution in [3.05, 3.63) is 34.4 Å². The molecule has 1 saturated carbocycles. The van der Waals surface area contributed by atoms with Crippen LogP contribution in [-0.2, 0) is 0 Å². The largest absolute Gasteiger partial charge is 0.379 e. The fourth-order valence-electron chi connectivity index (χ4n) is 2.84.